The number of aromatic nitrogens is 3. The Morgan fingerprint density at radius 1 is 0.761 bits per heavy atom. The van der Waals surface area contributed by atoms with E-state index in [4.69, 9.17) is 18.9 Å². The van der Waals surface area contributed by atoms with Gasteiger partial charge in [-0.2, -0.15) is 4.98 Å². The van der Waals surface area contributed by atoms with Crippen LogP contribution in [-0.4, -0.2) is 99.9 Å². The van der Waals surface area contributed by atoms with Crippen LogP contribution in [0, 0.1) is 0 Å². The fraction of sp³-hybridized carbons (Fsp3) is 0.271. The molecule has 4 amide bonds. The number of benzene rings is 4. The molecule has 4 aromatic carbocycles. The van der Waals surface area contributed by atoms with Crippen molar-refractivity contribution in [3.05, 3.63) is 160 Å². The maximum absolute atomic E-state index is 13.4. The van der Waals surface area contributed by atoms with Crippen molar-refractivity contribution in [1.82, 2.24) is 40.7 Å². The first kappa shape index (κ1) is 46.9. The molecule has 2 aromatic heterocycles. The number of ether oxygens (including phenoxy) is 4. The molecule has 0 saturated carbocycles. The van der Waals surface area contributed by atoms with Crippen LogP contribution in [-0.2, 0) is 54.9 Å². The van der Waals surface area contributed by atoms with Gasteiger partial charge in [0.1, 0.15) is 38.6 Å². The van der Waals surface area contributed by atoms with E-state index in [0.717, 1.165) is 42.8 Å². The van der Waals surface area contributed by atoms with Gasteiger partial charge in [0, 0.05) is 42.8 Å². The number of H-pyrrole nitrogens is 1. The third-order valence-electron chi connectivity index (χ3n) is 10.7. The van der Waals surface area contributed by atoms with Gasteiger partial charge >= 0.3 is 29.9 Å². The number of hydrogen-bond acceptors (Lipinski definition) is 12. The van der Waals surface area contributed by atoms with Crippen LogP contribution in [0.2, 0.25) is 0 Å². The van der Waals surface area contributed by atoms with Crippen LogP contribution in [0.15, 0.2) is 126 Å². The minimum atomic E-state index is -1.52. The molecule has 19 nitrogen and oxygen atoms in total. The van der Waals surface area contributed by atoms with Crippen molar-refractivity contribution in [2.75, 3.05) is 39.4 Å². The van der Waals surface area contributed by atoms with Crippen molar-refractivity contribution >= 4 is 41.2 Å². The maximum atomic E-state index is 13.4. The number of carbonyl (C=O) groups is 5. The summed E-state index contributed by atoms with van der Waals surface area (Å²) in [6.07, 6.45) is -0.903. The molecule has 0 bridgehead atoms. The van der Waals surface area contributed by atoms with Gasteiger partial charge in [0.15, 0.2) is 5.79 Å². The van der Waals surface area contributed by atoms with Crippen molar-refractivity contribution in [3.8, 4) is 11.1 Å². The lowest BCUT2D eigenvalue weighted by atomic mass is 9.98. The van der Waals surface area contributed by atoms with Gasteiger partial charge in [-0.05, 0) is 46.4 Å². The lowest BCUT2D eigenvalue weighted by Crippen LogP contribution is -2.67. The molecule has 2 heterocycles. The Bertz CT molecular complexity index is 2640. The minimum Gasteiger partial charge on any atom is -0.480 e. The van der Waals surface area contributed by atoms with Crippen LogP contribution in [0.3, 0.4) is 0 Å². The van der Waals surface area contributed by atoms with Crippen LogP contribution in [0.5, 0.6) is 0 Å². The second-order valence-corrected chi connectivity index (χ2v) is 15.7. The molecule has 1 aliphatic carbocycles. The first-order valence-electron chi connectivity index (χ1n) is 21.4. The number of nitrogens with zero attached hydrogens (tertiary/aromatic N) is 3. The summed E-state index contributed by atoms with van der Waals surface area (Å²) in [4.78, 5) is 84.5. The van der Waals surface area contributed by atoms with Crippen molar-refractivity contribution in [3.63, 3.8) is 0 Å². The number of aliphatic carboxylic acids is 1. The first-order valence-corrected chi connectivity index (χ1v) is 21.4. The number of amides is 4. The van der Waals surface area contributed by atoms with Gasteiger partial charge in [0.2, 0.25) is 5.91 Å². The highest BCUT2D eigenvalue weighted by molar-refractivity contribution is 5.82. The molecule has 0 aliphatic heterocycles. The Morgan fingerprint density at radius 2 is 1.34 bits per heavy atom. The summed E-state index contributed by atoms with van der Waals surface area (Å²) < 4.78 is 23.2. The Morgan fingerprint density at radius 3 is 1.94 bits per heavy atom. The number of carbonyl (C=O) groups excluding carboxylic acids is 4. The third kappa shape index (κ3) is 13.0. The topological polar surface area (TPSA) is 245 Å². The quantitative estimate of drug-likeness (QED) is 0.0323. The fourth-order valence-corrected chi connectivity index (χ4v) is 7.53. The van der Waals surface area contributed by atoms with Crippen molar-refractivity contribution in [2.45, 2.75) is 45.0 Å². The lowest BCUT2D eigenvalue weighted by molar-refractivity contribution is -0.144. The van der Waals surface area contributed by atoms with E-state index in [9.17, 15) is 33.9 Å². The van der Waals surface area contributed by atoms with Crippen LogP contribution in [0.1, 0.15) is 40.8 Å². The van der Waals surface area contributed by atoms with Crippen LogP contribution in [0.25, 0.3) is 22.2 Å². The number of carboxylic acid groups (broad SMARTS) is 1. The lowest BCUT2D eigenvalue weighted by Gasteiger charge is -2.32. The Kier molecular flexibility index (Phi) is 15.6. The molecule has 0 radical (unpaired) electrons. The highest BCUT2D eigenvalue weighted by Crippen LogP contribution is 2.44. The molecular formula is C48H50N8O11. The molecule has 19 heteroatoms. The number of alkyl carbamates (subject to hydrolysis) is 3. The summed E-state index contributed by atoms with van der Waals surface area (Å²) in [6, 6.07) is 35.7. The molecule has 7 rings (SSSR count). The predicted molar refractivity (Wildman–Crippen MR) is 243 cm³/mol. The second-order valence-electron chi connectivity index (χ2n) is 15.7. The first-order chi connectivity index (χ1) is 32.4. The summed E-state index contributed by atoms with van der Waals surface area (Å²) in [6.45, 7) is 0.436. The van der Waals surface area contributed by atoms with E-state index < -0.39 is 54.7 Å². The molecular weight excluding hydrogens is 865 g/mol. The summed E-state index contributed by atoms with van der Waals surface area (Å²) >= 11 is 0. The Balaban J connectivity index is 0.884. The molecule has 0 unspecified atom stereocenters. The largest absolute Gasteiger partial charge is 0.480 e. The third-order valence-corrected chi connectivity index (χ3v) is 10.7. The molecule has 0 spiro atoms. The minimum absolute atomic E-state index is 0.00220. The van der Waals surface area contributed by atoms with Gasteiger partial charge in [0.25, 0.3) is 0 Å². The molecule has 67 heavy (non-hydrogen) atoms. The second kappa shape index (κ2) is 22.2. The molecule has 0 fully saturated rings. The highest BCUT2D eigenvalue weighted by Gasteiger charge is 2.31. The Labute approximate surface area is 384 Å². The van der Waals surface area contributed by atoms with E-state index in [0.29, 0.717) is 11.1 Å². The zero-order valence-corrected chi connectivity index (χ0v) is 36.6. The molecule has 1 aliphatic rings. The van der Waals surface area contributed by atoms with Gasteiger partial charge in [0.05, 0.1) is 13.2 Å². The monoisotopic (exact) mass is 914 g/mol. The molecule has 0 atom stereocenters. The standard InChI is InChI=1S/C48H50N8O11/c1-48(53-46(62)65-28-32-12-4-2-5-13-32,54-47(63)66-29-33-14-6-3-7-15-33)50-21-23-64-30-35-24-34-25-56(44(60)52-43(34)51-35)26-41(57)55(27-42(58)59)22-20-49-45(61)67-31-40-38-18-10-8-16-36(38)37-17-9-11-19-39(37)40/h2-19,24-25,40,50H,20-23,26-31H2,1H3,(H,49,61)(H,53,62)(H,54,63)(H,58,59)(H,51,52,60). The number of aromatic amines is 1. The van der Waals surface area contributed by atoms with Crippen LogP contribution >= 0.6 is 0 Å². The number of hydrogen-bond donors (Lipinski definition) is 6. The zero-order chi connectivity index (χ0) is 47.2. The van der Waals surface area contributed by atoms with E-state index in [1.165, 1.54) is 13.1 Å². The van der Waals surface area contributed by atoms with Crippen molar-refractivity contribution in [1.29, 1.82) is 0 Å². The van der Waals surface area contributed by atoms with E-state index in [-0.39, 0.29) is 64.2 Å². The molecule has 6 aromatic rings. The molecule has 6 N–H and O–H groups in total. The number of nitrogens with one attached hydrogen (secondary N) is 5. The Hall–Kier alpha value is -8.03. The fourth-order valence-electron chi connectivity index (χ4n) is 7.53. The summed E-state index contributed by atoms with van der Waals surface area (Å²) in [5, 5.41) is 20.9. The van der Waals surface area contributed by atoms with Gasteiger partial charge in [-0.25, -0.2) is 19.2 Å². The van der Waals surface area contributed by atoms with Crippen molar-refractivity contribution in [2.24, 2.45) is 0 Å². The van der Waals surface area contributed by atoms with Gasteiger partial charge in [-0.3, -0.25) is 30.1 Å². The van der Waals surface area contributed by atoms with Crippen LogP contribution in [0.4, 0.5) is 14.4 Å². The van der Waals surface area contributed by atoms with Crippen LogP contribution < -0.4 is 27.0 Å². The number of rotatable bonds is 21. The summed E-state index contributed by atoms with van der Waals surface area (Å²) in [5.74, 6) is -3.63. The van der Waals surface area contributed by atoms with Crippen molar-refractivity contribution < 1.29 is 48.0 Å². The summed E-state index contributed by atoms with van der Waals surface area (Å²) in [5.41, 5.74) is 5.85. The number of carboxylic acids is 1. The normalized spacial score (nSPS) is 11.8. The molecule has 0 saturated heterocycles. The average Bonchev–Trinajstić information content (AvgIpc) is 3.87. The van der Waals surface area contributed by atoms with E-state index >= 15 is 0 Å². The van der Waals surface area contributed by atoms with Gasteiger partial charge < -0.3 is 39.3 Å². The van der Waals surface area contributed by atoms with Gasteiger partial charge in [-0.15, -0.1) is 0 Å². The van der Waals surface area contributed by atoms with E-state index in [1.54, 1.807) is 30.3 Å². The highest BCUT2D eigenvalue weighted by atomic mass is 16.6. The maximum Gasteiger partial charge on any atom is 0.410 e. The van der Waals surface area contributed by atoms with Gasteiger partial charge in [-0.1, -0.05) is 109 Å². The predicted octanol–water partition coefficient (Wildman–Crippen LogP) is 4.81. The SMILES string of the molecule is CC(NCCOCc1cc2cn(CC(=O)N(CCNC(=O)OCC3c4ccccc4-c4ccccc43)CC(=O)O)c(=O)nc2[nH]1)(NC(=O)OCc1ccccc1)NC(=O)OCc1ccccc1. The van der Waals surface area contributed by atoms with E-state index in [1.807, 2.05) is 84.9 Å². The zero-order valence-electron chi connectivity index (χ0n) is 36.6. The smallest absolute Gasteiger partial charge is 0.410 e. The number of fused-ring (bicyclic) bond motifs is 4. The van der Waals surface area contributed by atoms with E-state index in [2.05, 4.69) is 31.2 Å². The summed E-state index contributed by atoms with van der Waals surface area (Å²) in [7, 11) is 0. The molecule has 348 valence electrons. The average molecular weight is 915 g/mol.